The van der Waals surface area contributed by atoms with Crippen molar-refractivity contribution in [1.29, 1.82) is 0 Å². The molecule has 0 bridgehead atoms. The predicted molar refractivity (Wildman–Crippen MR) is 99.5 cm³/mol. The molecule has 0 aromatic carbocycles. The Kier molecular flexibility index (Phi) is 8.98. The number of hydrogen-bond donors (Lipinski definition) is 2. The quantitative estimate of drug-likeness (QED) is 0.383. The molecule has 0 aromatic rings. The SMILES string of the molecule is CCC1=CCC(NC(O)CCCCN(C)S(=O)C(C)(C)C)CC1. The molecule has 2 N–H and O–H groups in total. The van der Waals surface area contributed by atoms with Gasteiger partial charge in [0.1, 0.15) is 6.23 Å². The number of rotatable bonds is 9. The summed E-state index contributed by atoms with van der Waals surface area (Å²) in [5, 5.41) is 13.5. The van der Waals surface area contributed by atoms with Crippen LogP contribution in [0.25, 0.3) is 0 Å². The molecule has 136 valence electrons. The molecular formula is C18H36N2O2S. The summed E-state index contributed by atoms with van der Waals surface area (Å²) < 4.78 is 13.9. The molecule has 3 atom stereocenters. The lowest BCUT2D eigenvalue weighted by Gasteiger charge is -2.26. The molecule has 0 amide bonds. The predicted octanol–water partition coefficient (Wildman–Crippen LogP) is 3.35. The molecule has 1 rings (SSSR count). The van der Waals surface area contributed by atoms with Crippen molar-refractivity contribution in [2.75, 3.05) is 13.6 Å². The summed E-state index contributed by atoms with van der Waals surface area (Å²) in [7, 11) is 0.955. The Bertz CT molecular complexity index is 404. The van der Waals surface area contributed by atoms with E-state index in [-0.39, 0.29) is 4.75 Å². The van der Waals surface area contributed by atoms with Crippen LogP contribution in [0.2, 0.25) is 0 Å². The first-order valence-electron chi connectivity index (χ1n) is 8.99. The highest BCUT2D eigenvalue weighted by molar-refractivity contribution is 7.84. The summed E-state index contributed by atoms with van der Waals surface area (Å²) in [4.78, 5) is 0. The van der Waals surface area contributed by atoms with Gasteiger partial charge in [0, 0.05) is 12.6 Å². The Morgan fingerprint density at radius 3 is 2.65 bits per heavy atom. The highest BCUT2D eigenvalue weighted by atomic mass is 32.2. The molecule has 0 spiro atoms. The van der Waals surface area contributed by atoms with Gasteiger partial charge in [0.15, 0.2) is 0 Å². The second-order valence-corrected chi connectivity index (χ2v) is 9.92. The Morgan fingerprint density at radius 2 is 2.13 bits per heavy atom. The van der Waals surface area contributed by atoms with Crippen LogP contribution < -0.4 is 5.32 Å². The Hall–Kier alpha value is -0.230. The fourth-order valence-corrected chi connectivity index (χ4v) is 4.17. The van der Waals surface area contributed by atoms with Gasteiger partial charge in [-0.15, -0.1) is 0 Å². The molecule has 1 aliphatic rings. The van der Waals surface area contributed by atoms with E-state index in [9.17, 15) is 9.32 Å². The molecular weight excluding hydrogens is 308 g/mol. The van der Waals surface area contributed by atoms with E-state index >= 15 is 0 Å². The lowest BCUT2D eigenvalue weighted by molar-refractivity contribution is 0.107. The molecule has 0 saturated heterocycles. The van der Waals surface area contributed by atoms with Gasteiger partial charge in [-0.3, -0.25) is 5.32 Å². The summed E-state index contributed by atoms with van der Waals surface area (Å²) in [5.74, 6) is 0. The molecule has 0 aliphatic heterocycles. The summed E-state index contributed by atoms with van der Waals surface area (Å²) in [6.07, 6.45) is 9.04. The number of unbranched alkanes of at least 4 members (excludes halogenated alkanes) is 1. The van der Waals surface area contributed by atoms with Crippen LogP contribution in [0, 0.1) is 0 Å². The van der Waals surface area contributed by atoms with Crippen molar-refractivity contribution in [3.63, 3.8) is 0 Å². The van der Waals surface area contributed by atoms with E-state index in [0.29, 0.717) is 6.04 Å². The molecule has 3 unspecified atom stereocenters. The van der Waals surface area contributed by atoms with E-state index in [4.69, 9.17) is 0 Å². The molecule has 0 fully saturated rings. The van der Waals surface area contributed by atoms with Gasteiger partial charge in [0.05, 0.1) is 15.7 Å². The van der Waals surface area contributed by atoms with Crippen molar-refractivity contribution in [1.82, 2.24) is 9.62 Å². The van der Waals surface area contributed by atoms with Crippen LogP contribution in [-0.4, -0.2) is 44.2 Å². The lowest BCUT2D eigenvalue weighted by atomic mass is 9.93. The number of nitrogens with zero attached hydrogens (tertiary/aromatic N) is 1. The van der Waals surface area contributed by atoms with Crippen LogP contribution in [-0.2, 0) is 11.0 Å². The summed E-state index contributed by atoms with van der Waals surface area (Å²) in [5.41, 5.74) is 1.55. The highest BCUT2D eigenvalue weighted by Crippen LogP contribution is 2.21. The molecule has 0 aromatic heterocycles. The van der Waals surface area contributed by atoms with Crippen molar-refractivity contribution < 1.29 is 9.32 Å². The standard InChI is InChI=1S/C18H36N2O2S/c1-6-15-10-12-16(13-11-15)19-17(21)9-7-8-14-20(5)23(22)18(2,3)4/h10,16-17,19,21H,6-9,11-14H2,1-5H3. The average molecular weight is 345 g/mol. The van der Waals surface area contributed by atoms with E-state index in [1.54, 1.807) is 5.57 Å². The van der Waals surface area contributed by atoms with Crippen LogP contribution in [0.5, 0.6) is 0 Å². The monoisotopic (exact) mass is 344 g/mol. The van der Waals surface area contributed by atoms with Gasteiger partial charge >= 0.3 is 0 Å². The maximum Gasteiger partial charge on any atom is 0.105 e. The number of allylic oxidation sites excluding steroid dienone is 1. The normalized spacial score (nSPS) is 22.0. The Balaban J connectivity index is 2.16. The second kappa shape index (κ2) is 9.92. The maximum atomic E-state index is 12.2. The van der Waals surface area contributed by atoms with E-state index in [1.165, 1.54) is 0 Å². The van der Waals surface area contributed by atoms with Gasteiger partial charge in [0.2, 0.25) is 0 Å². The first-order valence-corrected chi connectivity index (χ1v) is 10.1. The second-order valence-electron chi connectivity index (χ2n) is 7.58. The number of aliphatic hydroxyl groups excluding tert-OH is 1. The van der Waals surface area contributed by atoms with Gasteiger partial charge in [-0.05, 0) is 72.8 Å². The minimum absolute atomic E-state index is 0.207. The van der Waals surface area contributed by atoms with Gasteiger partial charge in [-0.2, -0.15) is 0 Å². The van der Waals surface area contributed by atoms with Crippen molar-refractivity contribution in [3.8, 4) is 0 Å². The highest BCUT2D eigenvalue weighted by Gasteiger charge is 2.23. The maximum absolute atomic E-state index is 12.2. The van der Waals surface area contributed by atoms with E-state index in [0.717, 1.165) is 51.5 Å². The van der Waals surface area contributed by atoms with Gasteiger partial charge in [-0.25, -0.2) is 8.51 Å². The third-order valence-corrected chi connectivity index (χ3v) is 6.19. The summed E-state index contributed by atoms with van der Waals surface area (Å²) in [6.45, 7) is 9.00. The van der Waals surface area contributed by atoms with Crippen LogP contribution in [0.4, 0.5) is 0 Å². The molecule has 0 heterocycles. The summed E-state index contributed by atoms with van der Waals surface area (Å²) >= 11 is 0. The molecule has 0 saturated carbocycles. The molecule has 4 nitrogen and oxygen atoms in total. The number of aliphatic hydroxyl groups is 1. The lowest BCUT2D eigenvalue weighted by Crippen LogP contribution is -2.39. The van der Waals surface area contributed by atoms with Gasteiger partial charge in [0.25, 0.3) is 0 Å². The smallest absolute Gasteiger partial charge is 0.105 e. The fraction of sp³-hybridized carbons (Fsp3) is 0.889. The Labute approximate surface area is 145 Å². The van der Waals surface area contributed by atoms with Crippen molar-refractivity contribution >= 4 is 11.0 Å². The molecule has 5 heteroatoms. The van der Waals surface area contributed by atoms with Gasteiger partial charge < -0.3 is 5.11 Å². The largest absolute Gasteiger partial charge is 0.379 e. The first kappa shape index (κ1) is 20.8. The van der Waals surface area contributed by atoms with E-state index in [1.807, 2.05) is 32.1 Å². The zero-order valence-corrected chi connectivity index (χ0v) is 16.4. The number of hydrogen-bond acceptors (Lipinski definition) is 3. The Morgan fingerprint density at radius 1 is 1.43 bits per heavy atom. The van der Waals surface area contributed by atoms with E-state index < -0.39 is 17.2 Å². The van der Waals surface area contributed by atoms with Crippen molar-refractivity contribution in [3.05, 3.63) is 11.6 Å². The fourth-order valence-electron chi connectivity index (χ4n) is 2.94. The third-order valence-electron chi connectivity index (χ3n) is 4.39. The average Bonchev–Trinajstić information content (AvgIpc) is 2.50. The van der Waals surface area contributed by atoms with Crippen molar-refractivity contribution in [2.24, 2.45) is 0 Å². The first-order chi connectivity index (χ1) is 10.7. The molecule has 23 heavy (non-hydrogen) atoms. The van der Waals surface area contributed by atoms with Gasteiger partial charge in [-0.1, -0.05) is 18.6 Å². The van der Waals surface area contributed by atoms with Crippen LogP contribution >= 0.6 is 0 Å². The van der Waals surface area contributed by atoms with Crippen molar-refractivity contribution in [2.45, 2.75) is 89.7 Å². The van der Waals surface area contributed by atoms with E-state index in [2.05, 4.69) is 18.3 Å². The third kappa shape index (κ3) is 7.92. The minimum atomic E-state index is -0.958. The number of nitrogens with one attached hydrogen (secondary N) is 1. The summed E-state index contributed by atoms with van der Waals surface area (Å²) in [6, 6.07) is 0.413. The zero-order chi connectivity index (χ0) is 17.5. The molecule has 0 radical (unpaired) electrons. The molecule has 1 aliphatic carbocycles. The zero-order valence-electron chi connectivity index (χ0n) is 15.6. The van der Waals surface area contributed by atoms with Crippen LogP contribution in [0.3, 0.4) is 0 Å². The minimum Gasteiger partial charge on any atom is -0.379 e. The van der Waals surface area contributed by atoms with Crippen LogP contribution in [0.1, 0.15) is 72.6 Å². The topological polar surface area (TPSA) is 52.6 Å². The van der Waals surface area contributed by atoms with Crippen LogP contribution in [0.15, 0.2) is 11.6 Å².